The predicted octanol–water partition coefficient (Wildman–Crippen LogP) is 4.96. The topological polar surface area (TPSA) is 51.1 Å². The highest BCUT2D eigenvalue weighted by Gasteiger charge is 2.35. The van der Waals surface area contributed by atoms with Crippen LogP contribution in [-0.4, -0.2) is 30.8 Å². The van der Waals surface area contributed by atoms with Gasteiger partial charge in [-0.05, 0) is 73.0 Å². The molecule has 5 nitrogen and oxygen atoms in total. The average molecular weight is 409 g/mol. The van der Waals surface area contributed by atoms with Crippen molar-refractivity contribution in [3.05, 3.63) is 58.0 Å². The molecule has 0 aliphatic carbocycles. The molecule has 2 aliphatic heterocycles. The molecule has 0 atom stereocenters. The maximum absolute atomic E-state index is 13.3. The van der Waals surface area contributed by atoms with Gasteiger partial charge in [0.1, 0.15) is 13.2 Å². The molecule has 0 unspecified atom stereocenters. The number of hydrogen-bond donors (Lipinski definition) is 0. The van der Waals surface area contributed by atoms with E-state index in [1.807, 2.05) is 43.3 Å². The molecule has 6 heteroatoms. The molecule has 150 valence electrons. The number of anilines is 1. The van der Waals surface area contributed by atoms with Crippen LogP contribution in [0.15, 0.2) is 46.3 Å². The first-order valence-corrected chi connectivity index (χ1v) is 10.6. The molecule has 0 aromatic heterocycles. The van der Waals surface area contributed by atoms with E-state index in [0.29, 0.717) is 30.4 Å². The van der Waals surface area contributed by atoms with Crippen molar-refractivity contribution < 1.29 is 14.3 Å². The van der Waals surface area contributed by atoms with Crippen molar-refractivity contribution in [2.24, 2.45) is 4.99 Å². The van der Waals surface area contributed by atoms with Crippen LogP contribution >= 0.6 is 11.8 Å². The summed E-state index contributed by atoms with van der Waals surface area (Å²) in [7, 11) is 0. The second kappa shape index (κ2) is 8.33. The Morgan fingerprint density at radius 2 is 1.93 bits per heavy atom. The molecule has 0 N–H and O–H groups in total. The third-order valence-electron chi connectivity index (χ3n) is 4.96. The highest BCUT2D eigenvalue weighted by atomic mass is 32.2. The molecule has 4 rings (SSSR count). The lowest BCUT2D eigenvalue weighted by Crippen LogP contribution is -2.29. The van der Waals surface area contributed by atoms with Gasteiger partial charge in [0.2, 0.25) is 0 Å². The molecular weight excluding hydrogens is 384 g/mol. The van der Waals surface area contributed by atoms with E-state index in [2.05, 4.69) is 24.9 Å². The zero-order valence-corrected chi connectivity index (χ0v) is 17.7. The van der Waals surface area contributed by atoms with Crippen molar-refractivity contribution in [2.45, 2.75) is 27.2 Å². The predicted molar refractivity (Wildman–Crippen MR) is 119 cm³/mol. The Bertz CT molecular complexity index is 1010. The van der Waals surface area contributed by atoms with Gasteiger partial charge in [-0.1, -0.05) is 25.1 Å². The van der Waals surface area contributed by atoms with E-state index in [0.717, 1.165) is 39.7 Å². The molecule has 29 heavy (non-hydrogen) atoms. The summed E-state index contributed by atoms with van der Waals surface area (Å²) in [5.41, 5.74) is 4.04. The van der Waals surface area contributed by atoms with Crippen LogP contribution in [0.2, 0.25) is 0 Å². The first-order chi connectivity index (χ1) is 14.1. The molecule has 1 saturated heterocycles. The highest BCUT2D eigenvalue weighted by Crippen LogP contribution is 2.39. The molecular formula is C23H24N2O3S. The molecule has 0 saturated carbocycles. The number of rotatable bonds is 4. The molecule has 0 spiro atoms. The minimum atomic E-state index is -0.0477. The van der Waals surface area contributed by atoms with Gasteiger partial charge in [0, 0.05) is 6.54 Å². The minimum Gasteiger partial charge on any atom is -0.486 e. The number of thioether (sulfide) groups is 1. The maximum Gasteiger partial charge on any atom is 0.271 e. The lowest BCUT2D eigenvalue weighted by Gasteiger charge is -2.19. The van der Waals surface area contributed by atoms with Gasteiger partial charge in [0.25, 0.3) is 5.91 Å². The molecule has 0 radical (unpaired) electrons. The summed E-state index contributed by atoms with van der Waals surface area (Å²) in [5, 5.41) is 0.731. The van der Waals surface area contributed by atoms with Crippen LogP contribution in [0.25, 0.3) is 6.08 Å². The van der Waals surface area contributed by atoms with Crippen LogP contribution in [0.5, 0.6) is 11.5 Å². The van der Waals surface area contributed by atoms with E-state index in [1.165, 1.54) is 11.8 Å². The van der Waals surface area contributed by atoms with Gasteiger partial charge in [0.05, 0.1) is 10.6 Å². The summed E-state index contributed by atoms with van der Waals surface area (Å²) in [6.45, 7) is 7.97. The summed E-state index contributed by atoms with van der Waals surface area (Å²) in [5.74, 6) is 1.41. The van der Waals surface area contributed by atoms with Crippen molar-refractivity contribution in [2.75, 3.05) is 24.7 Å². The molecule has 1 fully saturated rings. The van der Waals surface area contributed by atoms with E-state index in [9.17, 15) is 4.79 Å². The first kappa shape index (κ1) is 19.6. The van der Waals surface area contributed by atoms with Gasteiger partial charge in [-0.25, -0.2) is 0 Å². The maximum atomic E-state index is 13.3. The molecule has 2 aromatic carbocycles. The van der Waals surface area contributed by atoms with E-state index in [-0.39, 0.29) is 5.91 Å². The summed E-state index contributed by atoms with van der Waals surface area (Å²) >= 11 is 1.42. The van der Waals surface area contributed by atoms with Crippen LogP contribution in [-0.2, 0) is 4.79 Å². The fraction of sp³-hybridized carbons (Fsp3) is 0.304. The average Bonchev–Trinajstić information content (AvgIpc) is 3.03. The zero-order valence-electron chi connectivity index (χ0n) is 16.9. The summed E-state index contributed by atoms with van der Waals surface area (Å²) in [4.78, 5) is 20.4. The number of fused-ring (bicyclic) bond motifs is 1. The monoisotopic (exact) mass is 408 g/mol. The molecule has 0 bridgehead atoms. The van der Waals surface area contributed by atoms with E-state index in [1.54, 1.807) is 4.90 Å². The summed E-state index contributed by atoms with van der Waals surface area (Å²) < 4.78 is 11.3. The Balaban J connectivity index is 1.71. The quantitative estimate of drug-likeness (QED) is 0.671. The molecule has 2 heterocycles. The van der Waals surface area contributed by atoms with E-state index >= 15 is 0 Å². The minimum absolute atomic E-state index is 0.0477. The summed E-state index contributed by atoms with van der Waals surface area (Å²) in [6, 6.07) is 11.8. The van der Waals surface area contributed by atoms with Gasteiger partial charge < -0.3 is 9.47 Å². The van der Waals surface area contributed by atoms with E-state index < -0.39 is 0 Å². The van der Waals surface area contributed by atoms with Crippen molar-refractivity contribution in [1.29, 1.82) is 0 Å². The molecule has 1 amide bonds. The number of aryl methyl sites for hydroxylation is 1. The number of nitrogens with zero attached hydrogens (tertiary/aromatic N) is 2. The SMILES string of the molecule is CCCN=C1S/C(=C\c2ccc3c(c2)OCCO3)C(=O)N1c1cccc(C)c1C. The Morgan fingerprint density at radius 3 is 2.72 bits per heavy atom. The molecule has 2 aromatic rings. The van der Waals surface area contributed by atoms with Gasteiger partial charge in [-0.2, -0.15) is 0 Å². The summed E-state index contributed by atoms with van der Waals surface area (Å²) in [6.07, 6.45) is 2.83. The number of carbonyl (C=O) groups excluding carboxylic acids is 1. The van der Waals surface area contributed by atoms with E-state index in [4.69, 9.17) is 9.47 Å². The van der Waals surface area contributed by atoms with Crippen molar-refractivity contribution in [3.63, 3.8) is 0 Å². The van der Waals surface area contributed by atoms with Gasteiger partial charge in [-0.15, -0.1) is 0 Å². The van der Waals surface area contributed by atoms with Crippen LogP contribution in [0, 0.1) is 13.8 Å². The molecule has 2 aliphatic rings. The Hall–Kier alpha value is -2.73. The van der Waals surface area contributed by atoms with Crippen LogP contribution < -0.4 is 14.4 Å². The van der Waals surface area contributed by atoms with Gasteiger partial charge in [0.15, 0.2) is 16.7 Å². The standard InChI is InChI=1S/C23H24N2O3S/c1-4-10-24-23-25(18-7-5-6-15(2)16(18)3)22(26)21(29-23)14-17-8-9-19-20(13-17)28-12-11-27-19/h5-9,13-14H,4,10-12H2,1-3H3/b21-14-,24-23?. The Labute approximate surface area is 175 Å². The normalized spacial score (nSPS) is 18.7. The van der Waals surface area contributed by atoms with Gasteiger partial charge in [-0.3, -0.25) is 14.7 Å². The number of ether oxygens (including phenoxy) is 2. The first-order valence-electron chi connectivity index (χ1n) is 9.83. The number of hydrogen-bond acceptors (Lipinski definition) is 5. The lowest BCUT2D eigenvalue weighted by molar-refractivity contribution is -0.113. The second-order valence-corrected chi connectivity index (χ2v) is 8.05. The van der Waals surface area contributed by atoms with Crippen LogP contribution in [0.1, 0.15) is 30.0 Å². The number of amides is 1. The Morgan fingerprint density at radius 1 is 1.14 bits per heavy atom. The van der Waals surface area contributed by atoms with Crippen molar-refractivity contribution in [1.82, 2.24) is 0 Å². The smallest absolute Gasteiger partial charge is 0.271 e. The van der Waals surface area contributed by atoms with Crippen molar-refractivity contribution >= 4 is 34.6 Å². The van der Waals surface area contributed by atoms with Gasteiger partial charge >= 0.3 is 0 Å². The second-order valence-electron chi connectivity index (χ2n) is 7.04. The third kappa shape index (κ3) is 3.90. The highest BCUT2D eigenvalue weighted by molar-refractivity contribution is 8.19. The van der Waals surface area contributed by atoms with Crippen LogP contribution in [0.3, 0.4) is 0 Å². The Kier molecular flexibility index (Phi) is 5.62. The number of carbonyl (C=O) groups is 1. The fourth-order valence-electron chi connectivity index (χ4n) is 3.28. The van der Waals surface area contributed by atoms with Crippen molar-refractivity contribution in [3.8, 4) is 11.5 Å². The third-order valence-corrected chi connectivity index (χ3v) is 5.96. The number of amidine groups is 1. The zero-order chi connectivity index (χ0) is 20.4. The fourth-order valence-corrected chi connectivity index (χ4v) is 4.28. The number of aliphatic imine (C=N–C) groups is 1. The largest absolute Gasteiger partial charge is 0.486 e. The van der Waals surface area contributed by atoms with Crippen LogP contribution in [0.4, 0.5) is 5.69 Å². The number of benzene rings is 2. The lowest BCUT2D eigenvalue weighted by atomic mass is 10.1.